The van der Waals surface area contributed by atoms with Crippen molar-refractivity contribution in [3.05, 3.63) is 24.3 Å². The number of hydrogen-bond acceptors (Lipinski definition) is 0. The predicted octanol–water partition coefficient (Wildman–Crippen LogP) is 3.16. The summed E-state index contributed by atoms with van der Waals surface area (Å²) in [5.41, 5.74) is 0.378. The van der Waals surface area contributed by atoms with Gasteiger partial charge in [0.15, 0.2) is 0 Å². The number of hydrogen-bond donors (Lipinski definition) is 0. The predicted molar refractivity (Wildman–Crippen MR) is 45.8 cm³/mol. The van der Waals surface area contributed by atoms with Gasteiger partial charge in [0.05, 0.1) is 0 Å². The van der Waals surface area contributed by atoms with E-state index in [9.17, 15) is 0 Å². The first-order chi connectivity index (χ1) is 4.67. The van der Waals surface area contributed by atoms with Crippen LogP contribution in [-0.4, -0.2) is 0 Å². The van der Waals surface area contributed by atoms with Crippen LogP contribution < -0.4 is 0 Å². The smallest absolute Gasteiger partial charge is 0.0109 e. The Morgan fingerprint density at radius 1 is 1.30 bits per heavy atom. The van der Waals surface area contributed by atoms with E-state index in [-0.39, 0.29) is 0 Å². The molecular formula is C10H16. The first-order valence-corrected chi connectivity index (χ1v) is 4.03. The second kappa shape index (κ2) is 2.61. The third-order valence-corrected chi connectivity index (χ3v) is 2.38. The SMILES string of the molecule is CCC1C=CC=CC1(C)C. The molecule has 0 aromatic rings. The van der Waals surface area contributed by atoms with Crippen LogP contribution in [0.1, 0.15) is 27.2 Å². The molecule has 10 heavy (non-hydrogen) atoms. The minimum absolute atomic E-state index is 0.378. The molecule has 0 fully saturated rings. The molecule has 1 aliphatic carbocycles. The summed E-state index contributed by atoms with van der Waals surface area (Å²) in [5.74, 6) is 0.734. The largest absolute Gasteiger partial charge is 0.0806 e. The first-order valence-electron chi connectivity index (χ1n) is 4.03. The standard InChI is InChI=1S/C10H16/c1-4-9-7-5-6-8-10(9,2)3/h5-9H,4H2,1-3H3. The van der Waals surface area contributed by atoms with E-state index in [1.54, 1.807) is 0 Å². The van der Waals surface area contributed by atoms with Crippen LogP contribution in [-0.2, 0) is 0 Å². The Balaban J connectivity index is 2.74. The topological polar surface area (TPSA) is 0 Å². The van der Waals surface area contributed by atoms with Crippen molar-refractivity contribution in [1.82, 2.24) is 0 Å². The van der Waals surface area contributed by atoms with E-state index >= 15 is 0 Å². The normalized spacial score (nSPS) is 28.9. The van der Waals surface area contributed by atoms with Crippen molar-refractivity contribution in [3.8, 4) is 0 Å². The monoisotopic (exact) mass is 136 g/mol. The van der Waals surface area contributed by atoms with Crippen LogP contribution in [0, 0.1) is 11.3 Å². The van der Waals surface area contributed by atoms with Gasteiger partial charge in [0.2, 0.25) is 0 Å². The highest BCUT2D eigenvalue weighted by molar-refractivity contribution is 5.17. The molecule has 0 bridgehead atoms. The lowest BCUT2D eigenvalue weighted by atomic mass is 9.75. The van der Waals surface area contributed by atoms with E-state index in [1.165, 1.54) is 6.42 Å². The average Bonchev–Trinajstić information content (AvgIpc) is 1.87. The molecule has 0 aromatic heterocycles. The van der Waals surface area contributed by atoms with Gasteiger partial charge in [-0.25, -0.2) is 0 Å². The van der Waals surface area contributed by atoms with E-state index in [0.717, 1.165) is 5.92 Å². The highest BCUT2D eigenvalue weighted by Crippen LogP contribution is 2.34. The molecule has 1 atom stereocenters. The molecule has 0 N–H and O–H groups in total. The van der Waals surface area contributed by atoms with Crippen LogP contribution >= 0.6 is 0 Å². The Hall–Kier alpha value is -0.520. The van der Waals surface area contributed by atoms with Crippen molar-refractivity contribution in [2.45, 2.75) is 27.2 Å². The van der Waals surface area contributed by atoms with Gasteiger partial charge in [-0.1, -0.05) is 45.1 Å². The zero-order valence-electron chi connectivity index (χ0n) is 7.09. The summed E-state index contributed by atoms with van der Waals surface area (Å²) in [7, 11) is 0. The fourth-order valence-corrected chi connectivity index (χ4v) is 1.54. The molecule has 0 saturated heterocycles. The van der Waals surface area contributed by atoms with E-state index < -0.39 is 0 Å². The van der Waals surface area contributed by atoms with E-state index in [4.69, 9.17) is 0 Å². The molecule has 0 heteroatoms. The highest BCUT2D eigenvalue weighted by atomic mass is 14.3. The summed E-state index contributed by atoms with van der Waals surface area (Å²) >= 11 is 0. The Bertz CT molecular complexity index is 161. The fourth-order valence-electron chi connectivity index (χ4n) is 1.54. The molecule has 1 rings (SSSR count). The lowest BCUT2D eigenvalue weighted by molar-refractivity contribution is 0.330. The van der Waals surface area contributed by atoms with Gasteiger partial charge in [-0.15, -0.1) is 0 Å². The van der Waals surface area contributed by atoms with Gasteiger partial charge in [-0.3, -0.25) is 0 Å². The summed E-state index contributed by atoms with van der Waals surface area (Å²) in [4.78, 5) is 0. The number of allylic oxidation sites excluding steroid dienone is 4. The van der Waals surface area contributed by atoms with Crippen LogP contribution in [0.5, 0.6) is 0 Å². The van der Waals surface area contributed by atoms with Crippen molar-refractivity contribution < 1.29 is 0 Å². The lowest BCUT2D eigenvalue weighted by Crippen LogP contribution is -2.20. The molecule has 0 aromatic carbocycles. The van der Waals surface area contributed by atoms with Crippen LogP contribution in [0.25, 0.3) is 0 Å². The molecule has 0 nitrogen and oxygen atoms in total. The zero-order valence-corrected chi connectivity index (χ0v) is 7.09. The van der Waals surface area contributed by atoms with Gasteiger partial charge in [0.25, 0.3) is 0 Å². The van der Waals surface area contributed by atoms with Crippen molar-refractivity contribution in [2.24, 2.45) is 11.3 Å². The molecule has 0 saturated carbocycles. The zero-order chi connectivity index (χ0) is 7.61. The van der Waals surface area contributed by atoms with Crippen molar-refractivity contribution in [1.29, 1.82) is 0 Å². The molecule has 0 heterocycles. The summed E-state index contributed by atoms with van der Waals surface area (Å²) in [6, 6.07) is 0. The first kappa shape index (κ1) is 7.59. The molecule has 56 valence electrons. The Morgan fingerprint density at radius 3 is 2.40 bits per heavy atom. The van der Waals surface area contributed by atoms with E-state index in [2.05, 4.69) is 45.1 Å². The second-order valence-corrected chi connectivity index (χ2v) is 3.58. The lowest BCUT2D eigenvalue weighted by Gasteiger charge is -2.30. The van der Waals surface area contributed by atoms with Gasteiger partial charge in [-0.2, -0.15) is 0 Å². The Morgan fingerprint density at radius 2 is 2.00 bits per heavy atom. The van der Waals surface area contributed by atoms with Crippen LogP contribution in [0.4, 0.5) is 0 Å². The molecular weight excluding hydrogens is 120 g/mol. The quantitative estimate of drug-likeness (QED) is 0.519. The molecule has 1 aliphatic rings. The maximum Gasteiger partial charge on any atom is -0.0109 e. The number of rotatable bonds is 1. The van der Waals surface area contributed by atoms with Crippen LogP contribution in [0.2, 0.25) is 0 Å². The van der Waals surface area contributed by atoms with Gasteiger partial charge in [0.1, 0.15) is 0 Å². The average molecular weight is 136 g/mol. The van der Waals surface area contributed by atoms with Crippen LogP contribution in [0.3, 0.4) is 0 Å². The fraction of sp³-hybridized carbons (Fsp3) is 0.600. The molecule has 0 amide bonds. The summed E-state index contributed by atoms with van der Waals surface area (Å²) in [6.07, 6.45) is 10.1. The van der Waals surface area contributed by atoms with E-state index in [1.807, 2.05) is 0 Å². The summed E-state index contributed by atoms with van der Waals surface area (Å²) in [6.45, 7) is 6.83. The van der Waals surface area contributed by atoms with Gasteiger partial charge < -0.3 is 0 Å². The molecule has 1 unspecified atom stereocenters. The maximum atomic E-state index is 2.31. The second-order valence-electron chi connectivity index (χ2n) is 3.58. The third-order valence-electron chi connectivity index (χ3n) is 2.38. The molecule has 0 radical (unpaired) electrons. The Labute approximate surface area is 63.6 Å². The van der Waals surface area contributed by atoms with Crippen molar-refractivity contribution >= 4 is 0 Å². The minimum Gasteiger partial charge on any atom is -0.0806 e. The van der Waals surface area contributed by atoms with Crippen LogP contribution in [0.15, 0.2) is 24.3 Å². The minimum atomic E-state index is 0.378. The van der Waals surface area contributed by atoms with E-state index in [0.29, 0.717) is 5.41 Å². The van der Waals surface area contributed by atoms with Crippen molar-refractivity contribution in [3.63, 3.8) is 0 Å². The van der Waals surface area contributed by atoms with Gasteiger partial charge in [0, 0.05) is 0 Å². The van der Waals surface area contributed by atoms with Gasteiger partial charge in [-0.05, 0) is 17.8 Å². The maximum absolute atomic E-state index is 2.31. The summed E-state index contributed by atoms with van der Waals surface area (Å²) in [5, 5.41) is 0. The third kappa shape index (κ3) is 1.31. The molecule has 0 spiro atoms. The Kier molecular flexibility index (Phi) is 1.98. The summed E-state index contributed by atoms with van der Waals surface area (Å²) < 4.78 is 0. The van der Waals surface area contributed by atoms with Gasteiger partial charge >= 0.3 is 0 Å². The van der Waals surface area contributed by atoms with Crippen molar-refractivity contribution in [2.75, 3.05) is 0 Å². The highest BCUT2D eigenvalue weighted by Gasteiger charge is 2.23. The molecule has 0 aliphatic heterocycles.